The third kappa shape index (κ3) is 4.80. The van der Waals surface area contributed by atoms with E-state index in [0.717, 1.165) is 39.7 Å². The number of carbonyl (C=O) groups is 3. The third-order valence-electron chi connectivity index (χ3n) is 5.87. The number of hydrogen-bond acceptors (Lipinski definition) is 7. The van der Waals surface area contributed by atoms with E-state index >= 15 is 0 Å². The number of anilines is 1. The molecule has 5 rings (SSSR count). The summed E-state index contributed by atoms with van der Waals surface area (Å²) < 4.78 is 5.30. The zero-order valence-electron chi connectivity index (χ0n) is 18.4. The Labute approximate surface area is 205 Å². The summed E-state index contributed by atoms with van der Waals surface area (Å²) in [5, 5.41) is 10.00. The van der Waals surface area contributed by atoms with E-state index in [9.17, 15) is 14.4 Å². The van der Waals surface area contributed by atoms with E-state index in [2.05, 4.69) is 5.10 Å². The number of esters is 1. The van der Waals surface area contributed by atoms with E-state index in [1.807, 2.05) is 59.3 Å². The topological polar surface area (TPSA) is 79.3 Å². The molecule has 7 nitrogen and oxygen atoms in total. The zero-order valence-corrected chi connectivity index (χ0v) is 20.0. The molecule has 0 bridgehead atoms. The second-order valence-corrected chi connectivity index (χ2v) is 10.1. The predicted octanol–water partition coefficient (Wildman–Crippen LogP) is 4.40. The quantitative estimate of drug-likeness (QED) is 0.457. The number of nitrogens with zero attached hydrogens (tertiary/aromatic N) is 3. The average Bonchev–Trinajstić information content (AvgIpc) is 3.64. The molecule has 0 spiro atoms. The van der Waals surface area contributed by atoms with Gasteiger partial charge in [0.2, 0.25) is 5.91 Å². The molecule has 0 N–H and O–H groups in total. The number of carbonyl (C=O) groups excluding carboxylic acids is 3. The highest BCUT2D eigenvalue weighted by Crippen LogP contribution is 2.36. The summed E-state index contributed by atoms with van der Waals surface area (Å²) in [5.41, 5.74) is 2.47. The lowest BCUT2D eigenvalue weighted by atomic mass is 10.1. The van der Waals surface area contributed by atoms with Crippen molar-refractivity contribution in [1.29, 1.82) is 0 Å². The van der Waals surface area contributed by atoms with Gasteiger partial charge in [-0.25, -0.2) is 5.01 Å². The van der Waals surface area contributed by atoms with E-state index < -0.39 is 5.97 Å². The number of thiophene rings is 2. The van der Waals surface area contributed by atoms with E-state index in [-0.39, 0.29) is 30.9 Å². The van der Waals surface area contributed by atoms with E-state index in [0.29, 0.717) is 12.8 Å². The van der Waals surface area contributed by atoms with Crippen LogP contribution >= 0.6 is 22.7 Å². The summed E-state index contributed by atoms with van der Waals surface area (Å²) in [5.74, 6) is -0.702. The predicted molar refractivity (Wildman–Crippen MR) is 132 cm³/mol. The molecule has 0 radical (unpaired) electrons. The molecular weight excluding hydrogens is 470 g/mol. The average molecular weight is 494 g/mol. The lowest BCUT2D eigenvalue weighted by Gasteiger charge is -2.20. The van der Waals surface area contributed by atoms with Crippen molar-refractivity contribution in [2.45, 2.75) is 31.7 Å². The lowest BCUT2D eigenvalue weighted by Crippen LogP contribution is -2.31. The van der Waals surface area contributed by atoms with E-state index in [1.54, 1.807) is 27.6 Å². The summed E-state index contributed by atoms with van der Waals surface area (Å²) in [7, 11) is 0. The molecular formula is C25H23N3O4S2. The highest BCUT2D eigenvalue weighted by molar-refractivity contribution is 7.12. The number of hydrazone groups is 1. The smallest absolute Gasteiger partial charge is 0.310 e. The van der Waals surface area contributed by atoms with Crippen molar-refractivity contribution in [3.63, 3.8) is 0 Å². The van der Waals surface area contributed by atoms with Crippen LogP contribution in [0.1, 0.15) is 40.6 Å². The minimum Gasteiger partial charge on any atom is -0.455 e. The molecule has 9 heteroatoms. The molecule has 1 aromatic carbocycles. The molecule has 3 aromatic rings. The fourth-order valence-corrected chi connectivity index (χ4v) is 5.71. The van der Waals surface area contributed by atoms with Crippen molar-refractivity contribution in [3.8, 4) is 0 Å². The second-order valence-electron chi connectivity index (χ2n) is 8.15. The normalized spacial score (nSPS) is 17.8. The standard InChI is InChI=1S/C25H23N3O4S2/c29-23-6-1-11-27(23)18-9-7-17(8-10-18)14-25(31)32-16-24(30)28-20(22-5-3-13-34-22)15-19(26-28)21-4-2-12-33-21/h2-5,7-10,12-13,20H,1,6,11,14-16H2. The first kappa shape index (κ1) is 22.5. The van der Waals surface area contributed by atoms with Crippen LogP contribution in [0.25, 0.3) is 0 Å². The van der Waals surface area contributed by atoms with Crippen molar-refractivity contribution in [1.82, 2.24) is 5.01 Å². The van der Waals surface area contributed by atoms with Crippen molar-refractivity contribution in [2.24, 2.45) is 5.10 Å². The number of hydrogen-bond donors (Lipinski definition) is 0. The second kappa shape index (κ2) is 9.90. The Hall–Kier alpha value is -3.30. The van der Waals surface area contributed by atoms with Gasteiger partial charge < -0.3 is 9.64 Å². The zero-order chi connectivity index (χ0) is 23.5. The molecule has 2 amide bonds. The fraction of sp³-hybridized carbons (Fsp3) is 0.280. The van der Waals surface area contributed by atoms with Crippen LogP contribution in [-0.4, -0.2) is 41.7 Å². The first-order chi connectivity index (χ1) is 16.6. The third-order valence-corrected chi connectivity index (χ3v) is 7.76. The maximum atomic E-state index is 13.0. The van der Waals surface area contributed by atoms with Gasteiger partial charge >= 0.3 is 5.97 Å². The molecule has 2 aliphatic heterocycles. The van der Waals surface area contributed by atoms with Gasteiger partial charge in [0.1, 0.15) is 0 Å². The summed E-state index contributed by atoms with van der Waals surface area (Å²) >= 11 is 3.17. The Morgan fingerprint density at radius 1 is 1.06 bits per heavy atom. The van der Waals surface area contributed by atoms with Gasteiger partial charge in [-0.2, -0.15) is 5.10 Å². The first-order valence-electron chi connectivity index (χ1n) is 11.1. The van der Waals surface area contributed by atoms with Crippen LogP contribution in [0, 0.1) is 0 Å². The number of benzene rings is 1. The van der Waals surface area contributed by atoms with Crippen molar-refractivity contribution in [3.05, 3.63) is 74.6 Å². The van der Waals surface area contributed by atoms with Gasteiger partial charge in [0.25, 0.3) is 5.91 Å². The van der Waals surface area contributed by atoms with Crippen molar-refractivity contribution >= 4 is 51.9 Å². The van der Waals surface area contributed by atoms with Crippen LogP contribution in [0.4, 0.5) is 5.69 Å². The molecule has 1 unspecified atom stereocenters. The van der Waals surface area contributed by atoms with Gasteiger partial charge in [-0.3, -0.25) is 14.4 Å². The maximum absolute atomic E-state index is 13.0. The first-order valence-corrected chi connectivity index (χ1v) is 12.9. The van der Waals surface area contributed by atoms with Crippen LogP contribution in [0.5, 0.6) is 0 Å². The van der Waals surface area contributed by atoms with Crippen molar-refractivity contribution < 1.29 is 19.1 Å². The Kier molecular flexibility index (Phi) is 6.55. The van der Waals surface area contributed by atoms with Crippen LogP contribution in [0.2, 0.25) is 0 Å². The van der Waals surface area contributed by atoms with Gasteiger partial charge in [-0.1, -0.05) is 24.3 Å². The minimum atomic E-state index is -0.479. The highest BCUT2D eigenvalue weighted by atomic mass is 32.1. The molecule has 1 atom stereocenters. The SMILES string of the molecule is O=C(Cc1ccc(N2CCCC2=O)cc1)OCC(=O)N1N=C(c2cccs2)CC1c1cccs1. The molecule has 34 heavy (non-hydrogen) atoms. The Balaban J connectivity index is 1.19. The summed E-state index contributed by atoms with van der Waals surface area (Å²) in [6, 6.07) is 15.0. The molecule has 0 saturated carbocycles. The highest BCUT2D eigenvalue weighted by Gasteiger charge is 2.34. The number of ether oxygens (including phenoxy) is 1. The maximum Gasteiger partial charge on any atom is 0.310 e. The molecule has 0 aliphatic carbocycles. The number of amides is 2. The summed E-state index contributed by atoms with van der Waals surface area (Å²) in [4.78, 5) is 41.1. The summed E-state index contributed by atoms with van der Waals surface area (Å²) in [6.07, 6.45) is 2.13. The Morgan fingerprint density at radius 2 is 1.85 bits per heavy atom. The Morgan fingerprint density at radius 3 is 2.53 bits per heavy atom. The molecule has 2 aromatic heterocycles. The lowest BCUT2D eigenvalue weighted by molar-refractivity contribution is -0.152. The van der Waals surface area contributed by atoms with E-state index in [4.69, 9.17) is 4.74 Å². The molecule has 1 saturated heterocycles. The van der Waals surface area contributed by atoms with E-state index in [1.165, 1.54) is 5.01 Å². The van der Waals surface area contributed by atoms with Gasteiger partial charge in [0, 0.05) is 30.0 Å². The van der Waals surface area contributed by atoms with Gasteiger partial charge in [-0.15, -0.1) is 22.7 Å². The van der Waals surface area contributed by atoms with Crippen molar-refractivity contribution in [2.75, 3.05) is 18.1 Å². The minimum absolute atomic E-state index is 0.0551. The molecule has 2 aliphatic rings. The van der Waals surface area contributed by atoms with Crippen LogP contribution < -0.4 is 4.90 Å². The summed E-state index contributed by atoms with van der Waals surface area (Å²) in [6.45, 7) is 0.365. The monoisotopic (exact) mass is 493 g/mol. The fourth-order valence-electron chi connectivity index (χ4n) is 4.18. The molecule has 4 heterocycles. The number of rotatable bonds is 7. The van der Waals surface area contributed by atoms with Gasteiger partial charge in [0.05, 0.1) is 23.1 Å². The molecule has 174 valence electrons. The molecule has 1 fully saturated rings. The van der Waals surface area contributed by atoms with Gasteiger partial charge in [-0.05, 0) is 47.0 Å². The Bertz CT molecular complexity index is 1200. The van der Waals surface area contributed by atoms with Crippen LogP contribution in [0.15, 0.2) is 64.4 Å². The largest absolute Gasteiger partial charge is 0.455 e. The van der Waals surface area contributed by atoms with Crippen LogP contribution in [0.3, 0.4) is 0 Å². The van der Waals surface area contributed by atoms with Gasteiger partial charge in [0.15, 0.2) is 6.61 Å². The van der Waals surface area contributed by atoms with Crippen LogP contribution in [-0.2, 0) is 25.5 Å².